The number of carbonyl (C=O) groups is 1. The van der Waals surface area contributed by atoms with Gasteiger partial charge >= 0.3 is 5.97 Å². The molecule has 2 rings (SSSR count). The summed E-state index contributed by atoms with van der Waals surface area (Å²) in [4.78, 5) is 10.6. The first kappa shape index (κ1) is 14.2. The minimum atomic E-state index is -1.48. The van der Waals surface area contributed by atoms with E-state index >= 15 is 0 Å². The number of carboxylic acid groups (broad SMARTS) is 1. The number of hydrogen-bond acceptors (Lipinski definition) is 2. The van der Waals surface area contributed by atoms with Crippen LogP contribution >= 0.6 is 11.6 Å². The van der Waals surface area contributed by atoms with Gasteiger partial charge in [-0.1, -0.05) is 11.6 Å². The van der Waals surface area contributed by atoms with Gasteiger partial charge in [-0.15, -0.1) is 0 Å². The molecule has 0 saturated carbocycles. The summed E-state index contributed by atoms with van der Waals surface area (Å²) in [5.74, 6) is -5.71. The first-order chi connectivity index (χ1) is 9.38. The van der Waals surface area contributed by atoms with Gasteiger partial charge in [0.15, 0.2) is 17.4 Å². The van der Waals surface area contributed by atoms with Gasteiger partial charge in [-0.25, -0.2) is 18.0 Å². The lowest BCUT2D eigenvalue weighted by Crippen LogP contribution is -2.01. The van der Waals surface area contributed by atoms with Crippen LogP contribution in [0, 0.1) is 17.5 Å². The molecule has 0 saturated heterocycles. The van der Waals surface area contributed by atoms with Crippen LogP contribution in [0.15, 0.2) is 30.3 Å². The summed E-state index contributed by atoms with van der Waals surface area (Å²) in [6, 6.07) is 4.44. The Morgan fingerprint density at radius 2 is 1.65 bits per heavy atom. The summed E-state index contributed by atoms with van der Waals surface area (Å²) in [5.41, 5.74) is -0.561. The number of benzene rings is 2. The van der Waals surface area contributed by atoms with E-state index in [2.05, 4.69) is 0 Å². The molecule has 1 N–H and O–H groups in total. The highest BCUT2D eigenvalue weighted by Gasteiger charge is 2.17. The second-order valence-electron chi connectivity index (χ2n) is 3.75. The summed E-state index contributed by atoms with van der Waals surface area (Å²) in [7, 11) is 0. The molecule has 0 unspecified atom stereocenters. The van der Waals surface area contributed by atoms with E-state index < -0.39 is 34.7 Å². The summed E-state index contributed by atoms with van der Waals surface area (Å²) < 4.78 is 45.2. The van der Waals surface area contributed by atoms with E-state index in [9.17, 15) is 18.0 Å². The van der Waals surface area contributed by atoms with Crippen LogP contribution in [0.25, 0.3) is 0 Å². The molecule has 104 valence electrons. The van der Waals surface area contributed by atoms with Crippen LogP contribution in [0.4, 0.5) is 13.2 Å². The highest BCUT2D eigenvalue weighted by atomic mass is 35.5. The molecule has 0 bridgehead atoms. The first-order valence-corrected chi connectivity index (χ1v) is 5.61. The van der Waals surface area contributed by atoms with Gasteiger partial charge in [-0.2, -0.15) is 0 Å². The van der Waals surface area contributed by atoms with Crippen molar-refractivity contribution in [3.8, 4) is 11.5 Å². The molecule has 0 aliphatic rings. The molecule has 0 radical (unpaired) electrons. The Morgan fingerprint density at radius 1 is 1.05 bits per heavy atom. The fraction of sp³-hybridized carbons (Fsp3) is 0. The highest BCUT2D eigenvalue weighted by molar-refractivity contribution is 6.30. The average molecular weight is 303 g/mol. The summed E-state index contributed by atoms with van der Waals surface area (Å²) in [6.07, 6.45) is 0. The zero-order valence-corrected chi connectivity index (χ0v) is 10.4. The van der Waals surface area contributed by atoms with Crippen LogP contribution in [0.2, 0.25) is 5.02 Å². The normalized spacial score (nSPS) is 10.4. The van der Waals surface area contributed by atoms with E-state index in [4.69, 9.17) is 21.4 Å². The smallest absolute Gasteiger partial charge is 0.335 e. The molecule has 0 fully saturated rings. The number of rotatable bonds is 3. The Labute approximate surface area is 116 Å². The second kappa shape index (κ2) is 5.42. The van der Waals surface area contributed by atoms with Gasteiger partial charge in [-0.05, 0) is 24.3 Å². The topological polar surface area (TPSA) is 46.5 Å². The third-order valence-corrected chi connectivity index (χ3v) is 2.66. The molecule has 0 aliphatic carbocycles. The van der Waals surface area contributed by atoms with Crippen molar-refractivity contribution in [1.29, 1.82) is 0 Å². The minimum Gasteiger partial charge on any atom is -0.478 e. The largest absolute Gasteiger partial charge is 0.478 e. The fourth-order valence-corrected chi connectivity index (χ4v) is 1.56. The third kappa shape index (κ3) is 2.85. The van der Waals surface area contributed by atoms with E-state index in [1.807, 2.05) is 0 Å². The van der Waals surface area contributed by atoms with Crippen molar-refractivity contribution in [2.45, 2.75) is 0 Å². The average Bonchev–Trinajstić information content (AvgIpc) is 2.37. The number of ether oxygens (including phenoxy) is 1. The lowest BCUT2D eigenvalue weighted by molar-refractivity contribution is 0.0695. The number of halogens is 4. The summed E-state index contributed by atoms with van der Waals surface area (Å²) in [5, 5.41) is 8.48. The van der Waals surface area contributed by atoms with Crippen molar-refractivity contribution in [3.05, 3.63) is 58.4 Å². The molecule has 20 heavy (non-hydrogen) atoms. The van der Waals surface area contributed by atoms with Crippen LogP contribution in [0.1, 0.15) is 10.4 Å². The molecule has 0 spiro atoms. The molecular formula is C13H6ClF3O3. The molecule has 7 heteroatoms. The molecule has 0 atom stereocenters. The number of carboxylic acids is 1. The fourth-order valence-electron chi connectivity index (χ4n) is 1.44. The molecule has 0 aromatic heterocycles. The van der Waals surface area contributed by atoms with Crippen LogP contribution in [-0.4, -0.2) is 11.1 Å². The molecule has 0 aliphatic heterocycles. The molecule has 0 heterocycles. The lowest BCUT2D eigenvalue weighted by atomic mass is 10.2. The van der Waals surface area contributed by atoms with Crippen molar-refractivity contribution in [2.75, 3.05) is 0 Å². The molecule has 3 nitrogen and oxygen atoms in total. The van der Waals surface area contributed by atoms with E-state index in [1.165, 1.54) is 6.07 Å². The molecular weight excluding hydrogens is 297 g/mol. The van der Waals surface area contributed by atoms with Crippen LogP contribution in [0.5, 0.6) is 11.5 Å². The molecule has 0 amide bonds. The van der Waals surface area contributed by atoms with E-state index in [0.29, 0.717) is 12.1 Å². The van der Waals surface area contributed by atoms with Crippen LogP contribution in [-0.2, 0) is 0 Å². The highest BCUT2D eigenvalue weighted by Crippen LogP contribution is 2.30. The summed E-state index contributed by atoms with van der Waals surface area (Å²) in [6.45, 7) is 0. The second-order valence-corrected chi connectivity index (χ2v) is 4.16. The van der Waals surface area contributed by atoms with Crippen molar-refractivity contribution in [2.24, 2.45) is 0 Å². The predicted octanol–water partition coefficient (Wildman–Crippen LogP) is 4.25. The van der Waals surface area contributed by atoms with Gasteiger partial charge in [0.2, 0.25) is 0 Å². The van der Waals surface area contributed by atoms with Crippen molar-refractivity contribution >= 4 is 17.6 Å². The lowest BCUT2D eigenvalue weighted by Gasteiger charge is -2.09. The number of aromatic carboxylic acids is 1. The molecule has 2 aromatic carbocycles. The van der Waals surface area contributed by atoms with E-state index in [0.717, 1.165) is 12.1 Å². The Bertz CT molecular complexity index is 666. The van der Waals surface area contributed by atoms with Gasteiger partial charge < -0.3 is 9.84 Å². The van der Waals surface area contributed by atoms with Gasteiger partial charge in [0.05, 0.1) is 10.6 Å². The van der Waals surface area contributed by atoms with Crippen LogP contribution < -0.4 is 4.74 Å². The first-order valence-electron chi connectivity index (χ1n) is 5.23. The Kier molecular flexibility index (Phi) is 3.85. The van der Waals surface area contributed by atoms with Crippen LogP contribution in [0.3, 0.4) is 0 Å². The maximum Gasteiger partial charge on any atom is 0.335 e. The number of hydrogen-bond donors (Lipinski definition) is 1. The zero-order valence-electron chi connectivity index (χ0n) is 9.66. The van der Waals surface area contributed by atoms with E-state index in [-0.39, 0.29) is 10.8 Å². The van der Waals surface area contributed by atoms with Gasteiger partial charge in [0, 0.05) is 6.07 Å². The van der Waals surface area contributed by atoms with Crippen molar-refractivity contribution in [1.82, 2.24) is 0 Å². The Morgan fingerprint density at radius 3 is 2.15 bits per heavy atom. The van der Waals surface area contributed by atoms with Gasteiger partial charge in [0.1, 0.15) is 11.6 Å². The quantitative estimate of drug-likeness (QED) is 0.922. The van der Waals surface area contributed by atoms with E-state index in [1.54, 1.807) is 0 Å². The summed E-state index contributed by atoms with van der Waals surface area (Å²) >= 11 is 5.46. The maximum atomic E-state index is 13.6. The predicted molar refractivity (Wildman–Crippen MR) is 64.8 cm³/mol. The Hall–Kier alpha value is -2.21. The zero-order chi connectivity index (χ0) is 14.9. The SMILES string of the molecule is O=C(O)c1cc(F)c(Oc2ccc(Cl)c(F)c2)c(F)c1. The minimum absolute atomic E-state index is 0.167. The van der Waals surface area contributed by atoms with Crippen molar-refractivity contribution in [3.63, 3.8) is 0 Å². The molecule has 2 aromatic rings. The maximum absolute atomic E-state index is 13.6. The standard InChI is InChI=1S/C13H6ClF3O3/c14-8-2-1-7(5-9(8)15)20-12-10(16)3-6(13(18)19)4-11(12)17/h1-5H,(H,18,19). The Balaban J connectivity index is 2.38. The van der Waals surface area contributed by atoms with Gasteiger partial charge in [0.25, 0.3) is 0 Å². The van der Waals surface area contributed by atoms with Gasteiger partial charge in [-0.3, -0.25) is 0 Å². The van der Waals surface area contributed by atoms with Crippen molar-refractivity contribution < 1.29 is 27.8 Å². The monoisotopic (exact) mass is 302 g/mol. The third-order valence-electron chi connectivity index (χ3n) is 2.36.